The van der Waals surface area contributed by atoms with Gasteiger partial charge in [-0.2, -0.15) is 0 Å². The molecule has 1 aliphatic rings. The van der Waals surface area contributed by atoms with Gasteiger partial charge >= 0.3 is 0 Å². The number of hydrogen-bond acceptors (Lipinski definition) is 2. The molecule has 1 N–H and O–H groups in total. The fourth-order valence-corrected chi connectivity index (χ4v) is 2.84. The summed E-state index contributed by atoms with van der Waals surface area (Å²) in [5, 5.41) is 2.96. The van der Waals surface area contributed by atoms with Gasteiger partial charge in [0.2, 0.25) is 5.91 Å². The third-order valence-corrected chi connectivity index (χ3v) is 3.92. The number of carbonyl (C=O) groups excluding carboxylic acids is 1. The molecule has 0 bridgehead atoms. The summed E-state index contributed by atoms with van der Waals surface area (Å²) < 4.78 is 0.983. The van der Waals surface area contributed by atoms with Crippen LogP contribution in [0.2, 0.25) is 0 Å². The van der Waals surface area contributed by atoms with Crippen LogP contribution in [0.15, 0.2) is 28.7 Å². The Morgan fingerprint density at radius 1 is 1.16 bits per heavy atom. The van der Waals surface area contributed by atoms with Crippen molar-refractivity contribution in [2.24, 2.45) is 0 Å². The molecule has 1 fully saturated rings. The first kappa shape index (κ1) is 14.5. The first-order valence-corrected chi connectivity index (χ1v) is 7.81. The minimum absolute atomic E-state index is 0.0821. The van der Waals surface area contributed by atoms with Crippen molar-refractivity contribution in [2.75, 3.05) is 25.0 Å². The van der Waals surface area contributed by atoms with Gasteiger partial charge in [-0.05, 0) is 44.1 Å². The van der Waals surface area contributed by atoms with Crippen LogP contribution in [0.5, 0.6) is 0 Å². The molecule has 1 aromatic rings. The summed E-state index contributed by atoms with van der Waals surface area (Å²) in [6.07, 6.45) is 6.36. The molecule has 2 rings (SSSR count). The largest absolute Gasteiger partial charge is 0.325 e. The van der Waals surface area contributed by atoms with Gasteiger partial charge in [0.05, 0.1) is 6.54 Å². The van der Waals surface area contributed by atoms with Crippen LogP contribution in [0.3, 0.4) is 0 Å². The lowest BCUT2D eigenvalue weighted by Gasteiger charge is -2.23. The number of benzene rings is 1. The Kier molecular flexibility index (Phi) is 5.86. The van der Waals surface area contributed by atoms with E-state index >= 15 is 0 Å². The molecule has 3 nitrogen and oxygen atoms in total. The first-order chi connectivity index (χ1) is 9.24. The fraction of sp³-hybridized carbons (Fsp3) is 0.533. The number of halogens is 1. The van der Waals surface area contributed by atoms with Crippen molar-refractivity contribution in [1.82, 2.24) is 4.90 Å². The molecule has 0 aliphatic carbocycles. The van der Waals surface area contributed by atoms with Gasteiger partial charge in [0, 0.05) is 10.2 Å². The average Bonchev–Trinajstić information content (AvgIpc) is 2.32. The summed E-state index contributed by atoms with van der Waals surface area (Å²) in [6.45, 7) is 2.60. The Bertz CT molecular complexity index is 414. The van der Waals surface area contributed by atoms with Crippen LogP contribution in [0.1, 0.15) is 32.1 Å². The summed E-state index contributed by atoms with van der Waals surface area (Å²) in [5.74, 6) is 0.0821. The van der Waals surface area contributed by atoms with Gasteiger partial charge in [-0.3, -0.25) is 9.69 Å². The maximum atomic E-state index is 12.0. The van der Waals surface area contributed by atoms with E-state index in [-0.39, 0.29) is 5.91 Å². The van der Waals surface area contributed by atoms with E-state index in [1.54, 1.807) is 0 Å². The van der Waals surface area contributed by atoms with Crippen LogP contribution in [0, 0.1) is 0 Å². The van der Waals surface area contributed by atoms with E-state index in [0.717, 1.165) is 23.2 Å². The zero-order chi connectivity index (χ0) is 13.5. The minimum atomic E-state index is 0.0821. The summed E-state index contributed by atoms with van der Waals surface area (Å²) >= 11 is 3.41. The topological polar surface area (TPSA) is 32.3 Å². The highest BCUT2D eigenvalue weighted by Crippen LogP contribution is 2.16. The van der Waals surface area contributed by atoms with Crippen molar-refractivity contribution in [3.05, 3.63) is 28.7 Å². The number of nitrogens with one attached hydrogen (secondary N) is 1. The van der Waals surface area contributed by atoms with Gasteiger partial charge in [-0.1, -0.05) is 41.3 Å². The van der Waals surface area contributed by atoms with E-state index < -0.39 is 0 Å². The molecule has 0 aromatic heterocycles. The Hall–Kier alpha value is -0.870. The molecule has 1 amide bonds. The van der Waals surface area contributed by atoms with E-state index in [1.807, 2.05) is 24.3 Å². The monoisotopic (exact) mass is 324 g/mol. The number of likely N-dealkylation sites (tertiary alicyclic amines) is 1. The number of rotatable bonds is 3. The number of anilines is 1. The quantitative estimate of drug-likeness (QED) is 0.920. The average molecular weight is 325 g/mol. The third kappa shape index (κ3) is 5.33. The predicted molar refractivity (Wildman–Crippen MR) is 82.3 cm³/mol. The van der Waals surface area contributed by atoms with E-state index in [1.165, 1.54) is 32.1 Å². The minimum Gasteiger partial charge on any atom is -0.325 e. The van der Waals surface area contributed by atoms with Crippen LogP contribution in [0.25, 0.3) is 0 Å². The van der Waals surface area contributed by atoms with Crippen molar-refractivity contribution in [1.29, 1.82) is 0 Å². The van der Waals surface area contributed by atoms with Gasteiger partial charge in [0.15, 0.2) is 0 Å². The van der Waals surface area contributed by atoms with Gasteiger partial charge in [0.1, 0.15) is 0 Å². The fourth-order valence-electron chi connectivity index (χ4n) is 2.44. The molecule has 0 spiro atoms. The van der Waals surface area contributed by atoms with Crippen molar-refractivity contribution < 1.29 is 4.79 Å². The molecule has 0 atom stereocenters. The van der Waals surface area contributed by atoms with Crippen molar-refractivity contribution in [3.63, 3.8) is 0 Å². The van der Waals surface area contributed by atoms with Crippen molar-refractivity contribution >= 4 is 27.5 Å². The van der Waals surface area contributed by atoms with E-state index in [0.29, 0.717) is 6.54 Å². The first-order valence-electron chi connectivity index (χ1n) is 7.02. The van der Waals surface area contributed by atoms with Crippen molar-refractivity contribution in [3.8, 4) is 0 Å². The zero-order valence-electron chi connectivity index (χ0n) is 11.2. The predicted octanol–water partition coefficient (Wildman–Crippen LogP) is 3.65. The van der Waals surface area contributed by atoms with E-state index in [2.05, 4.69) is 26.1 Å². The van der Waals surface area contributed by atoms with Crippen LogP contribution < -0.4 is 5.32 Å². The lowest BCUT2D eigenvalue weighted by Crippen LogP contribution is -2.35. The van der Waals surface area contributed by atoms with E-state index in [4.69, 9.17) is 0 Å². The van der Waals surface area contributed by atoms with Crippen molar-refractivity contribution in [2.45, 2.75) is 32.1 Å². The normalized spacial score (nSPS) is 17.5. The summed E-state index contributed by atoms with van der Waals surface area (Å²) in [7, 11) is 0. The van der Waals surface area contributed by atoms with Crippen LogP contribution in [-0.4, -0.2) is 30.4 Å². The molecule has 104 valence electrons. The molecule has 1 aliphatic heterocycles. The summed E-state index contributed by atoms with van der Waals surface area (Å²) in [6, 6.07) is 7.71. The summed E-state index contributed by atoms with van der Waals surface area (Å²) in [5.41, 5.74) is 0.853. The molecular formula is C15H21BrN2O. The number of carbonyl (C=O) groups is 1. The molecule has 19 heavy (non-hydrogen) atoms. The smallest absolute Gasteiger partial charge is 0.238 e. The molecule has 0 radical (unpaired) electrons. The Morgan fingerprint density at radius 3 is 2.53 bits per heavy atom. The van der Waals surface area contributed by atoms with Gasteiger partial charge in [-0.15, -0.1) is 0 Å². The van der Waals surface area contributed by atoms with Gasteiger partial charge in [0.25, 0.3) is 0 Å². The Balaban J connectivity index is 1.82. The third-order valence-electron chi connectivity index (χ3n) is 3.42. The summed E-state index contributed by atoms with van der Waals surface area (Å²) in [4.78, 5) is 14.3. The molecule has 1 saturated heterocycles. The zero-order valence-corrected chi connectivity index (χ0v) is 12.8. The molecule has 0 unspecified atom stereocenters. The van der Waals surface area contributed by atoms with Crippen LogP contribution in [-0.2, 0) is 4.79 Å². The molecule has 1 heterocycles. The molecule has 0 saturated carbocycles. The molecular weight excluding hydrogens is 304 g/mol. The number of nitrogens with zero attached hydrogens (tertiary/aromatic N) is 1. The SMILES string of the molecule is O=C(CN1CCCCCCC1)Nc1cccc(Br)c1. The van der Waals surface area contributed by atoms with Crippen LogP contribution in [0.4, 0.5) is 5.69 Å². The van der Waals surface area contributed by atoms with Gasteiger partial charge in [-0.25, -0.2) is 0 Å². The highest BCUT2D eigenvalue weighted by molar-refractivity contribution is 9.10. The number of hydrogen-bond donors (Lipinski definition) is 1. The second-order valence-electron chi connectivity index (χ2n) is 5.10. The molecule has 4 heteroatoms. The second-order valence-corrected chi connectivity index (χ2v) is 6.02. The Labute approximate surface area is 123 Å². The second kappa shape index (κ2) is 7.65. The molecule has 1 aromatic carbocycles. The Morgan fingerprint density at radius 2 is 1.84 bits per heavy atom. The lowest BCUT2D eigenvalue weighted by molar-refractivity contribution is -0.117. The van der Waals surface area contributed by atoms with Gasteiger partial charge < -0.3 is 5.32 Å². The standard InChI is InChI=1S/C15H21BrN2O/c16-13-7-6-8-14(11-13)17-15(19)12-18-9-4-2-1-3-5-10-18/h6-8,11H,1-5,9-10,12H2,(H,17,19). The maximum absolute atomic E-state index is 12.0. The number of amides is 1. The lowest BCUT2D eigenvalue weighted by atomic mass is 10.1. The highest BCUT2D eigenvalue weighted by Gasteiger charge is 2.12. The highest BCUT2D eigenvalue weighted by atomic mass is 79.9. The maximum Gasteiger partial charge on any atom is 0.238 e. The van der Waals surface area contributed by atoms with Crippen LogP contribution >= 0.6 is 15.9 Å². The van der Waals surface area contributed by atoms with E-state index in [9.17, 15) is 4.79 Å².